The fraction of sp³-hybridized carbons (Fsp3) is 0.214. The van der Waals surface area contributed by atoms with Crippen LogP contribution in [0.1, 0.15) is 16.7 Å². The molecule has 9 nitrogen and oxygen atoms in total. The van der Waals surface area contributed by atoms with Gasteiger partial charge in [-0.1, -0.05) is 78.0 Å². The van der Waals surface area contributed by atoms with Gasteiger partial charge < -0.3 is 14.7 Å². The van der Waals surface area contributed by atoms with E-state index >= 15 is 0 Å². The minimum absolute atomic E-state index is 0.0890. The van der Waals surface area contributed by atoms with E-state index in [1.54, 1.807) is 13.3 Å². The van der Waals surface area contributed by atoms with Crippen molar-refractivity contribution in [2.24, 2.45) is 0 Å². The Hall–Kier alpha value is -4.50. The highest BCUT2D eigenvalue weighted by Crippen LogP contribution is 2.37. The molecule has 0 unspecified atom stereocenters. The van der Waals surface area contributed by atoms with Crippen LogP contribution in [0.25, 0.3) is 0 Å². The molecule has 0 radical (unpaired) electrons. The number of carbonyl (C=O) groups is 2. The average molecular weight is 500 g/mol. The predicted molar refractivity (Wildman–Crippen MR) is 138 cm³/mol. The predicted octanol–water partition coefficient (Wildman–Crippen LogP) is 2.78. The molecule has 190 valence electrons. The van der Waals surface area contributed by atoms with E-state index in [4.69, 9.17) is 4.74 Å². The number of amides is 1. The van der Waals surface area contributed by atoms with Gasteiger partial charge >= 0.3 is 5.97 Å². The molecule has 1 heterocycles. The standard InChI is InChI=1S/C28H29N5O4/c1-37-25-14-12-24(13-15-25)28(22-8-4-2-5-9-22,23-10-6-3-7-11-23)29-16-18-32(21-27(35)36)26(34)20-33-19-17-30-31-33/h2-15,17,19,29H,16,18,20-21H2,1H3,(H,35,36). The van der Waals surface area contributed by atoms with Crippen molar-refractivity contribution in [2.45, 2.75) is 12.1 Å². The number of aliphatic carboxylic acids is 1. The average Bonchev–Trinajstić information content (AvgIpc) is 3.44. The van der Waals surface area contributed by atoms with E-state index in [1.807, 2.05) is 60.7 Å². The maximum Gasteiger partial charge on any atom is 0.323 e. The van der Waals surface area contributed by atoms with Gasteiger partial charge in [0.2, 0.25) is 5.91 Å². The van der Waals surface area contributed by atoms with E-state index in [9.17, 15) is 14.7 Å². The van der Waals surface area contributed by atoms with E-state index in [-0.39, 0.29) is 19.0 Å². The Labute approximate surface area is 215 Å². The van der Waals surface area contributed by atoms with Crippen LogP contribution in [-0.2, 0) is 21.7 Å². The first-order chi connectivity index (χ1) is 18.0. The summed E-state index contributed by atoms with van der Waals surface area (Å²) in [4.78, 5) is 25.8. The van der Waals surface area contributed by atoms with Crippen LogP contribution in [0.5, 0.6) is 5.75 Å². The molecule has 3 aromatic carbocycles. The number of carboxylic acid groups (broad SMARTS) is 1. The lowest BCUT2D eigenvalue weighted by Gasteiger charge is -2.38. The second-order valence-corrected chi connectivity index (χ2v) is 8.45. The molecule has 4 aromatic rings. The van der Waals surface area contributed by atoms with Crippen molar-refractivity contribution in [1.82, 2.24) is 25.2 Å². The molecule has 0 atom stereocenters. The molecule has 0 bridgehead atoms. The summed E-state index contributed by atoms with van der Waals surface area (Å²) in [6, 6.07) is 27.9. The number of rotatable bonds is 12. The van der Waals surface area contributed by atoms with Crippen molar-refractivity contribution < 1.29 is 19.4 Å². The normalized spacial score (nSPS) is 11.2. The smallest absolute Gasteiger partial charge is 0.323 e. The number of nitrogens with one attached hydrogen (secondary N) is 1. The van der Waals surface area contributed by atoms with Crippen LogP contribution in [0.3, 0.4) is 0 Å². The first-order valence-corrected chi connectivity index (χ1v) is 11.9. The van der Waals surface area contributed by atoms with E-state index in [0.29, 0.717) is 6.54 Å². The summed E-state index contributed by atoms with van der Waals surface area (Å²) in [5.41, 5.74) is 2.22. The van der Waals surface area contributed by atoms with Crippen molar-refractivity contribution >= 4 is 11.9 Å². The molecule has 2 N–H and O–H groups in total. The van der Waals surface area contributed by atoms with E-state index < -0.39 is 18.1 Å². The fourth-order valence-electron chi connectivity index (χ4n) is 4.41. The zero-order valence-corrected chi connectivity index (χ0v) is 20.5. The van der Waals surface area contributed by atoms with E-state index in [1.165, 1.54) is 15.8 Å². The summed E-state index contributed by atoms with van der Waals surface area (Å²) in [5.74, 6) is -0.700. The SMILES string of the molecule is COc1ccc(C(NCCN(CC(=O)O)C(=O)Cn2ccnn2)(c2ccccc2)c2ccccc2)cc1. The third-order valence-corrected chi connectivity index (χ3v) is 6.16. The Morgan fingerprint density at radius 1 is 0.946 bits per heavy atom. The van der Waals surface area contributed by atoms with Crippen molar-refractivity contribution in [2.75, 3.05) is 26.7 Å². The summed E-state index contributed by atoms with van der Waals surface area (Å²) in [6.07, 6.45) is 3.04. The van der Waals surface area contributed by atoms with Gasteiger partial charge in [-0.25, -0.2) is 4.68 Å². The van der Waals surface area contributed by atoms with Gasteiger partial charge in [-0.15, -0.1) is 5.10 Å². The number of methoxy groups -OCH3 is 1. The zero-order valence-electron chi connectivity index (χ0n) is 20.5. The largest absolute Gasteiger partial charge is 0.497 e. The molecule has 0 saturated heterocycles. The highest BCUT2D eigenvalue weighted by atomic mass is 16.5. The van der Waals surface area contributed by atoms with Gasteiger partial charge in [0.25, 0.3) is 0 Å². The quantitative estimate of drug-likeness (QED) is 0.289. The molecule has 0 aliphatic heterocycles. The molecule has 1 aromatic heterocycles. The molecule has 0 spiro atoms. The molecule has 1 amide bonds. The first kappa shape index (κ1) is 25.6. The van der Waals surface area contributed by atoms with Gasteiger partial charge in [-0.05, 0) is 28.8 Å². The minimum atomic E-state index is -1.08. The Balaban J connectivity index is 1.68. The summed E-state index contributed by atoms with van der Waals surface area (Å²) in [6.45, 7) is -0.000704. The lowest BCUT2D eigenvalue weighted by Crippen LogP contribution is -2.49. The Kier molecular flexibility index (Phi) is 8.27. The Morgan fingerprint density at radius 2 is 1.54 bits per heavy atom. The summed E-state index contributed by atoms with van der Waals surface area (Å²) in [7, 11) is 1.63. The minimum Gasteiger partial charge on any atom is -0.497 e. The van der Waals surface area contributed by atoms with Gasteiger partial charge in [0.05, 0.1) is 18.8 Å². The number of nitrogens with zero attached hydrogens (tertiary/aromatic N) is 4. The summed E-state index contributed by atoms with van der Waals surface area (Å²) < 4.78 is 6.76. The summed E-state index contributed by atoms with van der Waals surface area (Å²) in [5, 5.41) is 20.6. The van der Waals surface area contributed by atoms with Crippen molar-refractivity contribution in [3.8, 4) is 5.75 Å². The van der Waals surface area contributed by atoms with Gasteiger partial charge in [-0.3, -0.25) is 14.9 Å². The number of aromatic nitrogens is 3. The molecular formula is C28H29N5O4. The zero-order chi connectivity index (χ0) is 26.1. The van der Waals surface area contributed by atoms with E-state index in [0.717, 1.165) is 22.4 Å². The fourth-order valence-corrected chi connectivity index (χ4v) is 4.41. The van der Waals surface area contributed by atoms with E-state index in [2.05, 4.69) is 39.9 Å². The molecular weight excluding hydrogens is 470 g/mol. The number of carbonyl (C=O) groups excluding carboxylic acids is 1. The third-order valence-electron chi connectivity index (χ3n) is 6.16. The van der Waals surface area contributed by atoms with Crippen LogP contribution >= 0.6 is 0 Å². The van der Waals surface area contributed by atoms with Crippen molar-refractivity contribution in [1.29, 1.82) is 0 Å². The lowest BCUT2D eigenvalue weighted by atomic mass is 9.77. The molecule has 0 fully saturated rings. The molecule has 0 aliphatic rings. The molecule has 37 heavy (non-hydrogen) atoms. The number of carboxylic acids is 1. The van der Waals surface area contributed by atoms with Crippen LogP contribution in [-0.4, -0.2) is 63.6 Å². The molecule has 0 aliphatic carbocycles. The van der Waals surface area contributed by atoms with Crippen LogP contribution in [0.4, 0.5) is 0 Å². The topological polar surface area (TPSA) is 110 Å². The van der Waals surface area contributed by atoms with Gasteiger partial charge in [0, 0.05) is 19.3 Å². The molecule has 0 saturated carbocycles. The maximum absolute atomic E-state index is 12.9. The molecule has 9 heteroatoms. The monoisotopic (exact) mass is 499 g/mol. The maximum atomic E-state index is 12.9. The van der Waals surface area contributed by atoms with Crippen LogP contribution in [0, 0.1) is 0 Å². The number of hydrogen-bond donors (Lipinski definition) is 2. The van der Waals surface area contributed by atoms with Gasteiger partial charge in [0.1, 0.15) is 18.8 Å². The van der Waals surface area contributed by atoms with Crippen LogP contribution in [0.15, 0.2) is 97.3 Å². The van der Waals surface area contributed by atoms with Crippen molar-refractivity contribution in [3.05, 3.63) is 114 Å². The number of hydrogen-bond acceptors (Lipinski definition) is 6. The molecule has 4 rings (SSSR count). The second kappa shape index (κ2) is 12.0. The van der Waals surface area contributed by atoms with Crippen molar-refractivity contribution in [3.63, 3.8) is 0 Å². The highest BCUT2D eigenvalue weighted by molar-refractivity contribution is 5.81. The van der Waals surface area contributed by atoms with Gasteiger partial charge in [0.15, 0.2) is 0 Å². The van der Waals surface area contributed by atoms with Crippen LogP contribution in [0.2, 0.25) is 0 Å². The summed E-state index contributed by atoms with van der Waals surface area (Å²) >= 11 is 0. The van der Waals surface area contributed by atoms with Gasteiger partial charge in [-0.2, -0.15) is 0 Å². The second-order valence-electron chi connectivity index (χ2n) is 8.45. The number of ether oxygens (including phenoxy) is 1. The highest BCUT2D eigenvalue weighted by Gasteiger charge is 2.36. The lowest BCUT2D eigenvalue weighted by molar-refractivity contribution is -0.144. The first-order valence-electron chi connectivity index (χ1n) is 11.9. The Morgan fingerprint density at radius 3 is 2.05 bits per heavy atom. The third kappa shape index (κ3) is 6.02. The number of benzene rings is 3. The Bertz CT molecular complexity index is 1240. The van der Waals surface area contributed by atoms with Crippen LogP contribution < -0.4 is 10.1 Å².